The smallest absolute Gasteiger partial charge is 0.169 e. The lowest BCUT2D eigenvalue weighted by molar-refractivity contribution is 0.794. The van der Waals surface area contributed by atoms with E-state index in [1.807, 2.05) is 24.3 Å². The van der Waals surface area contributed by atoms with Gasteiger partial charge in [0.05, 0.1) is 11.4 Å². The molecule has 0 atom stereocenters. The molecular formula is C54H58N6. The highest BCUT2D eigenvalue weighted by Crippen LogP contribution is 2.38. The highest BCUT2D eigenvalue weighted by atomic mass is 15.3. The third-order valence-corrected chi connectivity index (χ3v) is 11.4. The van der Waals surface area contributed by atoms with Crippen LogP contribution in [0.15, 0.2) is 140 Å². The summed E-state index contributed by atoms with van der Waals surface area (Å²) >= 11 is 0. The average Bonchev–Trinajstić information content (AvgIpc) is 3.89. The third-order valence-electron chi connectivity index (χ3n) is 11.4. The minimum absolute atomic E-state index is 0.384. The van der Waals surface area contributed by atoms with Crippen molar-refractivity contribution < 1.29 is 0 Å². The zero-order valence-electron chi connectivity index (χ0n) is 36.7. The van der Waals surface area contributed by atoms with Gasteiger partial charge in [-0.2, -0.15) is 0 Å². The van der Waals surface area contributed by atoms with E-state index in [0.717, 1.165) is 57.7 Å². The zero-order chi connectivity index (χ0) is 42.3. The minimum Gasteiger partial charge on any atom is -0.275 e. The maximum Gasteiger partial charge on any atom is 0.169 e. The van der Waals surface area contributed by atoms with Gasteiger partial charge in [0.1, 0.15) is 0 Å². The summed E-state index contributed by atoms with van der Waals surface area (Å²) in [5.74, 6) is 4.31. The molecule has 6 heteroatoms. The molecule has 0 N–H and O–H groups in total. The number of aromatic nitrogens is 6. The lowest BCUT2D eigenvalue weighted by Gasteiger charge is -2.23. The fraction of sp³-hybridized carbons (Fsp3) is 0.259. The number of hydrogen-bond acceptors (Lipinski definition) is 4. The summed E-state index contributed by atoms with van der Waals surface area (Å²) in [6, 6.07) is 48.9. The van der Waals surface area contributed by atoms with Crippen molar-refractivity contribution in [3.8, 4) is 56.9 Å². The second-order valence-corrected chi connectivity index (χ2v) is 16.5. The average molecular weight is 791 g/mol. The van der Waals surface area contributed by atoms with Gasteiger partial charge in [-0.25, -0.2) is 0 Å². The van der Waals surface area contributed by atoms with Crippen LogP contribution in [0.3, 0.4) is 0 Å². The lowest BCUT2D eigenvalue weighted by Crippen LogP contribution is -2.10. The van der Waals surface area contributed by atoms with E-state index in [0.29, 0.717) is 11.8 Å². The number of unbranched alkanes of at least 4 members (excludes halogenated alkanes) is 1. The van der Waals surface area contributed by atoms with Gasteiger partial charge in [-0.3, -0.25) is 9.13 Å². The van der Waals surface area contributed by atoms with E-state index in [9.17, 15) is 0 Å². The van der Waals surface area contributed by atoms with E-state index in [4.69, 9.17) is 10.2 Å². The Balaban J connectivity index is 0.000000181. The molecule has 0 bridgehead atoms. The molecule has 0 amide bonds. The summed E-state index contributed by atoms with van der Waals surface area (Å²) in [4.78, 5) is 0. The summed E-state index contributed by atoms with van der Waals surface area (Å²) < 4.78 is 4.51. The maximum absolute atomic E-state index is 4.71. The van der Waals surface area contributed by atoms with Crippen LogP contribution in [0.25, 0.3) is 56.9 Å². The van der Waals surface area contributed by atoms with Gasteiger partial charge in [-0.1, -0.05) is 174 Å². The first-order valence-corrected chi connectivity index (χ1v) is 21.5. The predicted octanol–water partition coefficient (Wildman–Crippen LogP) is 14.0. The number of benzene rings is 6. The molecule has 0 aliphatic rings. The first kappa shape index (κ1) is 41.7. The van der Waals surface area contributed by atoms with Gasteiger partial charge >= 0.3 is 0 Å². The largest absolute Gasteiger partial charge is 0.275 e. The van der Waals surface area contributed by atoms with Crippen LogP contribution in [0, 0.1) is 27.7 Å². The number of nitrogens with zero attached hydrogens (tertiary/aromatic N) is 6. The molecule has 304 valence electrons. The molecule has 0 fully saturated rings. The Hall–Kier alpha value is -6.40. The van der Waals surface area contributed by atoms with Crippen LogP contribution in [0.5, 0.6) is 0 Å². The lowest BCUT2D eigenvalue weighted by atomic mass is 9.92. The van der Waals surface area contributed by atoms with Gasteiger partial charge in [-0.15, -0.1) is 20.4 Å². The van der Waals surface area contributed by atoms with Crippen LogP contribution < -0.4 is 0 Å². The number of rotatable bonds is 11. The van der Waals surface area contributed by atoms with Gasteiger partial charge in [0.2, 0.25) is 0 Å². The van der Waals surface area contributed by atoms with Crippen molar-refractivity contribution in [1.82, 2.24) is 29.5 Å². The first-order chi connectivity index (χ1) is 29.1. The van der Waals surface area contributed by atoms with Crippen LogP contribution in [0.4, 0.5) is 0 Å². The predicted molar refractivity (Wildman–Crippen MR) is 250 cm³/mol. The molecule has 60 heavy (non-hydrogen) atoms. The van der Waals surface area contributed by atoms with Crippen molar-refractivity contribution in [1.29, 1.82) is 0 Å². The Bertz CT molecular complexity index is 2640. The summed E-state index contributed by atoms with van der Waals surface area (Å²) in [6.45, 7) is 19.9. The van der Waals surface area contributed by atoms with Crippen LogP contribution in [0.1, 0.15) is 98.2 Å². The highest BCUT2D eigenvalue weighted by Gasteiger charge is 2.25. The van der Waals surface area contributed by atoms with Crippen LogP contribution in [-0.4, -0.2) is 29.5 Å². The van der Waals surface area contributed by atoms with Gasteiger partial charge < -0.3 is 0 Å². The fourth-order valence-electron chi connectivity index (χ4n) is 8.16. The molecule has 0 spiro atoms. The van der Waals surface area contributed by atoms with Gasteiger partial charge in [0.25, 0.3) is 0 Å². The molecule has 2 heterocycles. The van der Waals surface area contributed by atoms with E-state index in [1.54, 1.807) is 0 Å². The molecule has 2 aromatic heterocycles. The van der Waals surface area contributed by atoms with E-state index < -0.39 is 0 Å². The molecule has 0 saturated heterocycles. The Kier molecular flexibility index (Phi) is 13.0. The van der Waals surface area contributed by atoms with E-state index in [1.165, 1.54) is 57.5 Å². The number of para-hydroxylation sites is 1. The van der Waals surface area contributed by atoms with Crippen molar-refractivity contribution in [3.05, 3.63) is 178 Å². The Labute approximate surface area is 357 Å². The van der Waals surface area contributed by atoms with Gasteiger partial charge in [0, 0.05) is 22.3 Å². The van der Waals surface area contributed by atoms with Crippen molar-refractivity contribution >= 4 is 0 Å². The van der Waals surface area contributed by atoms with Crippen LogP contribution >= 0.6 is 0 Å². The zero-order valence-corrected chi connectivity index (χ0v) is 36.7. The second kappa shape index (κ2) is 18.7. The van der Waals surface area contributed by atoms with Gasteiger partial charge in [0.15, 0.2) is 23.3 Å². The molecule has 6 nitrogen and oxygen atoms in total. The SMILES string of the molecule is CCCCc1ccc(-n2c(-c3ccccc3)nnc2-c2c(C)cccc2C)c(C)c1.Cc1ccccc1-c1nnc(-c2ccccc2)n1-c1c(C(C)C)cccc1C(C)C. The standard InChI is InChI=1S/2C27H29N3/c1-18(2)22-16-11-17-23(19(3)4)25(22)30-26(21-13-7-6-8-14-21)28-29-27(30)24-15-10-9-12-20(24)5;1-5-6-13-22-16-17-24(21(4)18-22)30-26(23-14-8-7-9-15-23)28-29-27(30)25-19(2)11-10-12-20(25)3/h6-19H,1-5H3;7-12,14-18H,5-6,13H2,1-4H3. The normalized spacial score (nSPS) is 11.2. The molecule has 0 aliphatic heterocycles. The molecule has 0 saturated carbocycles. The molecule has 0 unspecified atom stereocenters. The summed E-state index contributed by atoms with van der Waals surface area (Å²) in [5.41, 5.74) is 15.6. The Morgan fingerprint density at radius 3 is 1.52 bits per heavy atom. The quantitative estimate of drug-likeness (QED) is 0.131. The van der Waals surface area contributed by atoms with Gasteiger partial charge in [-0.05, 0) is 97.4 Å². The Morgan fingerprint density at radius 2 is 0.967 bits per heavy atom. The van der Waals surface area contributed by atoms with Crippen LogP contribution in [-0.2, 0) is 6.42 Å². The maximum atomic E-state index is 4.71. The van der Waals surface area contributed by atoms with Crippen molar-refractivity contribution in [2.75, 3.05) is 0 Å². The van der Waals surface area contributed by atoms with Crippen molar-refractivity contribution in [2.45, 2.75) is 93.4 Å². The minimum atomic E-state index is 0.384. The fourth-order valence-corrected chi connectivity index (χ4v) is 8.16. The highest BCUT2D eigenvalue weighted by molar-refractivity contribution is 5.73. The summed E-state index contributed by atoms with van der Waals surface area (Å²) in [7, 11) is 0. The Morgan fingerprint density at radius 1 is 0.467 bits per heavy atom. The van der Waals surface area contributed by atoms with Crippen LogP contribution in [0.2, 0.25) is 0 Å². The molecular weight excluding hydrogens is 733 g/mol. The van der Waals surface area contributed by atoms with E-state index in [-0.39, 0.29) is 0 Å². The van der Waals surface area contributed by atoms with Crippen molar-refractivity contribution in [2.24, 2.45) is 0 Å². The van der Waals surface area contributed by atoms with Crippen molar-refractivity contribution in [3.63, 3.8) is 0 Å². The summed E-state index contributed by atoms with van der Waals surface area (Å²) in [5, 5.41) is 18.7. The monoisotopic (exact) mass is 790 g/mol. The number of aryl methyl sites for hydroxylation is 5. The first-order valence-electron chi connectivity index (χ1n) is 21.5. The molecule has 8 aromatic rings. The number of hydrogen-bond donors (Lipinski definition) is 0. The summed E-state index contributed by atoms with van der Waals surface area (Å²) in [6.07, 6.45) is 3.55. The third kappa shape index (κ3) is 8.65. The van der Waals surface area contributed by atoms with E-state index in [2.05, 4.69) is 197 Å². The molecule has 6 aromatic carbocycles. The molecule has 8 rings (SSSR count). The molecule has 0 radical (unpaired) electrons. The molecule has 0 aliphatic carbocycles. The second-order valence-electron chi connectivity index (χ2n) is 16.5. The van der Waals surface area contributed by atoms with E-state index >= 15 is 0 Å². The topological polar surface area (TPSA) is 61.4 Å².